The van der Waals surface area contributed by atoms with E-state index in [4.69, 9.17) is 5.73 Å². The number of hydrogen-bond donors (Lipinski definition) is 6. The lowest BCUT2D eigenvalue weighted by Gasteiger charge is -2.46. The molecule has 10 nitrogen and oxygen atoms in total. The molecule has 0 saturated heterocycles. The number of phenols is 1. The number of anilines is 1. The van der Waals surface area contributed by atoms with Crippen molar-refractivity contribution in [1.29, 1.82) is 0 Å². The van der Waals surface area contributed by atoms with Crippen molar-refractivity contribution in [3.8, 4) is 5.75 Å². The third-order valence-electron chi connectivity index (χ3n) is 9.95. The van der Waals surface area contributed by atoms with Crippen LogP contribution in [-0.4, -0.2) is 63.1 Å². The molecule has 0 aromatic heterocycles. The van der Waals surface area contributed by atoms with Gasteiger partial charge < -0.3 is 36.4 Å². The molecule has 1 unspecified atom stereocenters. The van der Waals surface area contributed by atoms with E-state index in [0.29, 0.717) is 17.5 Å². The van der Waals surface area contributed by atoms with Crippen molar-refractivity contribution in [2.24, 2.45) is 17.6 Å². The Morgan fingerprint density at radius 1 is 1.10 bits per heavy atom. The van der Waals surface area contributed by atoms with Crippen molar-refractivity contribution in [3.63, 3.8) is 0 Å². The number of carbonyl (C=O) groups excluding carboxylic acids is 3. The zero-order valence-electron chi connectivity index (χ0n) is 24.1. The van der Waals surface area contributed by atoms with Crippen LogP contribution < -0.4 is 16.0 Å². The fourth-order valence-corrected chi connectivity index (χ4v) is 7.78. The van der Waals surface area contributed by atoms with Gasteiger partial charge in [-0.05, 0) is 55.7 Å². The van der Waals surface area contributed by atoms with Crippen LogP contribution in [0, 0.1) is 11.8 Å². The quantitative estimate of drug-likeness (QED) is 0.293. The first-order chi connectivity index (χ1) is 19.8. The fraction of sp³-hybridized carbons (Fsp3) is 0.469. The minimum atomic E-state index is -2.58. The van der Waals surface area contributed by atoms with Crippen molar-refractivity contribution in [2.45, 2.75) is 69.6 Å². The summed E-state index contributed by atoms with van der Waals surface area (Å²) in [5.41, 5.74) is 4.34. The predicted octanol–water partition coefficient (Wildman–Crippen LogP) is 3.07. The molecule has 4 aliphatic rings. The number of aliphatic hydroxyl groups is 3. The van der Waals surface area contributed by atoms with Crippen LogP contribution in [0.2, 0.25) is 0 Å². The van der Waals surface area contributed by atoms with Crippen LogP contribution in [0.4, 0.5) is 5.69 Å². The number of nitrogens with one attached hydrogen (secondary N) is 1. The Morgan fingerprint density at radius 3 is 2.43 bits per heavy atom. The van der Waals surface area contributed by atoms with Gasteiger partial charge in [-0.1, -0.05) is 25.0 Å². The van der Waals surface area contributed by atoms with Crippen molar-refractivity contribution < 1.29 is 34.8 Å². The van der Waals surface area contributed by atoms with Crippen molar-refractivity contribution in [1.82, 2.24) is 5.32 Å². The summed E-state index contributed by atoms with van der Waals surface area (Å²) in [5, 5.41) is 50.6. The summed E-state index contributed by atoms with van der Waals surface area (Å²) < 4.78 is 0. The molecule has 2 saturated carbocycles. The van der Waals surface area contributed by atoms with E-state index in [-0.39, 0.29) is 41.7 Å². The SMILES string of the molecule is CN(C)c1c2c(c(O)c3cc(CNC4(C)CCCC4)ccc13)C(O)=C1C(=O)[C@]3(O)C(O)=C(C(N)=O)C(=O)C[C@@H]3CC1C2. The molecule has 7 N–H and O–H groups in total. The number of amides is 1. The largest absolute Gasteiger partial charge is 0.508 e. The van der Waals surface area contributed by atoms with Gasteiger partial charge in [0.1, 0.15) is 22.8 Å². The molecule has 42 heavy (non-hydrogen) atoms. The summed E-state index contributed by atoms with van der Waals surface area (Å²) in [4.78, 5) is 40.3. The molecular weight excluding hydrogens is 538 g/mol. The zero-order valence-corrected chi connectivity index (χ0v) is 24.1. The lowest BCUT2D eigenvalue weighted by Crippen LogP contribution is -2.58. The number of Topliss-reactive ketones (excluding diaryl/α,β-unsaturated/α-hetero) is 2. The van der Waals surface area contributed by atoms with Crippen molar-refractivity contribution in [2.75, 3.05) is 19.0 Å². The smallest absolute Gasteiger partial charge is 0.255 e. The molecule has 2 aromatic carbocycles. The van der Waals surface area contributed by atoms with E-state index >= 15 is 0 Å². The number of fused-ring (bicyclic) bond motifs is 4. The molecule has 222 valence electrons. The van der Waals surface area contributed by atoms with E-state index < -0.39 is 52.0 Å². The van der Waals surface area contributed by atoms with E-state index in [9.17, 15) is 34.8 Å². The number of benzene rings is 2. The summed E-state index contributed by atoms with van der Waals surface area (Å²) in [6, 6.07) is 5.88. The summed E-state index contributed by atoms with van der Waals surface area (Å²) >= 11 is 0. The molecule has 10 heteroatoms. The van der Waals surface area contributed by atoms with Crippen LogP contribution in [0.25, 0.3) is 16.5 Å². The summed E-state index contributed by atoms with van der Waals surface area (Å²) in [6.45, 7) is 2.83. The van der Waals surface area contributed by atoms with Crippen LogP contribution in [0.5, 0.6) is 5.75 Å². The number of rotatable bonds is 5. The molecule has 0 aliphatic heterocycles. The van der Waals surface area contributed by atoms with Crippen LogP contribution in [0.15, 0.2) is 35.1 Å². The number of primary amides is 1. The molecule has 0 radical (unpaired) electrons. The molecule has 6 rings (SSSR count). The third-order valence-corrected chi connectivity index (χ3v) is 9.95. The second-order valence-electron chi connectivity index (χ2n) is 12.9. The molecule has 3 atom stereocenters. The fourth-order valence-electron chi connectivity index (χ4n) is 7.78. The van der Waals surface area contributed by atoms with Gasteiger partial charge in [0.25, 0.3) is 5.91 Å². The molecule has 0 spiro atoms. The summed E-state index contributed by atoms with van der Waals surface area (Å²) in [7, 11) is 3.75. The average Bonchev–Trinajstić information content (AvgIpc) is 3.36. The van der Waals surface area contributed by atoms with Crippen molar-refractivity contribution in [3.05, 3.63) is 51.8 Å². The number of hydrogen-bond acceptors (Lipinski definition) is 9. The number of nitrogens with two attached hydrogens (primary N) is 1. The van der Waals surface area contributed by atoms with E-state index in [1.165, 1.54) is 12.8 Å². The molecule has 4 aliphatic carbocycles. The van der Waals surface area contributed by atoms with Crippen LogP contribution >= 0.6 is 0 Å². The molecule has 0 heterocycles. The Balaban J connectivity index is 1.50. The van der Waals surface area contributed by atoms with Gasteiger partial charge in [-0.2, -0.15) is 0 Å². The van der Waals surface area contributed by atoms with Gasteiger partial charge >= 0.3 is 0 Å². The number of carbonyl (C=O) groups is 3. The van der Waals surface area contributed by atoms with E-state index in [1.54, 1.807) is 0 Å². The lowest BCUT2D eigenvalue weighted by atomic mass is 9.59. The van der Waals surface area contributed by atoms with Gasteiger partial charge in [0, 0.05) is 60.6 Å². The Morgan fingerprint density at radius 2 is 1.79 bits per heavy atom. The van der Waals surface area contributed by atoms with E-state index in [0.717, 1.165) is 29.5 Å². The van der Waals surface area contributed by atoms with Gasteiger partial charge in [-0.3, -0.25) is 14.4 Å². The molecule has 2 aromatic rings. The van der Waals surface area contributed by atoms with Gasteiger partial charge in [-0.15, -0.1) is 0 Å². The first-order valence-corrected chi connectivity index (χ1v) is 14.5. The molecule has 2 fully saturated rings. The van der Waals surface area contributed by atoms with Gasteiger partial charge in [-0.25, -0.2) is 0 Å². The van der Waals surface area contributed by atoms with Gasteiger partial charge in [0.2, 0.25) is 5.78 Å². The number of ketones is 2. The maximum Gasteiger partial charge on any atom is 0.255 e. The number of aromatic hydroxyl groups is 1. The number of aliphatic hydroxyl groups excluding tert-OH is 2. The first kappa shape index (κ1) is 28.2. The van der Waals surface area contributed by atoms with E-state index in [1.807, 2.05) is 37.2 Å². The van der Waals surface area contributed by atoms with Crippen LogP contribution in [0.3, 0.4) is 0 Å². The Kier molecular flexibility index (Phi) is 6.43. The Hall–Kier alpha value is -3.89. The second kappa shape index (κ2) is 9.57. The summed E-state index contributed by atoms with van der Waals surface area (Å²) in [5.74, 6) is -6.29. The highest BCUT2D eigenvalue weighted by Gasteiger charge is 2.60. The summed E-state index contributed by atoms with van der Waals surface area (Å²) in [6.07, 6.45) is 4.60. The minimum absolute atomic E-state index is 0.0664. The second-order valence-corrected chi connectivity index (χ2v) is 12.9. The lowest BCUT2D eigenvalue weighted by molar-refractivity contribution is -0.147. The number of phenolic OH excluding ortho intramolecular Hbond substituents is 1. The highest BCUT2D eigenvalue weighted by molar-refractivity contribution is 6.23. The normalized spacial score (nSPS) is 26.8. The monoisotopic (exact) mass is 575 g/mol. The highest BCUT2D eigenvalue weighted by atomic mass is 16.3. The minimum Gasteiger partial charge on any atom is -0.508 e. The van der Waals surface area contributed by atoms with Crippen molar-refractivity contribution >= 4 is 39.7 Å². The maximum absolute atomic E-state index is 13.9. The first-order valence-electron chi connectivity index (χ1n) is 14.5. The molecule has 1 amide bonds. The van der Waals surface area contributed by atoms with Gasteiger partial charge in [0.15, 0.2) is 11.4 Å². The molecule has 0 bridgehead atoms. The predicted molar refractivity (Wildman–Crippen MR) is 157 cm³/mol. The average molecular weight is 576 g/mol. The maximum atomic E-state index is 13.9. The topological polar surface area (TPSA) is 173 Å². The Labute approximate surface area is 243 Å². The van der Waals surface area contributed by atoms with Crippen LogP contribution in [-0.2, 0) is 27.3 Å². The Bertz CT molecular complexity index is 1630. The standard InChI is InChI=1S/C32H37N3O7/c1-31(8-4-5-9-31)34-14-15-6-7-18-19(10-15)26(37)23-20(25(18)35(2)3)12-16-11-17-13-21(36)24(30(33)41)29(40)32(17,42)28(39)22(16)27(23)38/h6-7,10,16-17,34,37-38,40,42H,4-5,8-9,11-14H2,1-3H3,(H2,33,41)/t16?,17-,32-/m0/s1. The van der Waals surface area contributed by atoms with Crippen LogP contribution in [0.1, 0.15) is 62.1 Å². The van der Waals surface area contributed by atoms with E-state index in [2.05, 4.69) is 12.2 Å². The zero-order chi connectivity index (χ0) is 30.3. The number of nitrogens with zero attached hydrogens (tertiary/aromatic N) is 1. The highest BCUT2D eigenvalue weighted by Crippen LogP contribution is 2.54. The third kappa shape index (κ3) is 3.95. The van der Waals surface area contributed by atoms with Gasteiger partial charge in [0.05, 0.1) is 5.56 Å². The molecular formula is C32H37N3O7.